The molecule has 2 aromatic rings. The maximum atomic E-state index is 13.3. The summed E-state index contributed by atoms with van der Waals surface area (Å²) in [4.78, 5) is 15.1. The first kappa shape index (κ1) is 22.1. The van der Waals surface area contributed by atoms with E-state index in [0.717, 1.165) is 30.8 Å². The Kier molecular flexibility index (Phi) is 9.66. The van der Waals surface area contributed by atoms with Crippen molar-refractivity contribution in [1.29, 1.82) is 0 Å². The van der Waals surface area contributed by atoms with Gasteiger partial charge in [0.2, 0.25) is 5.91 Å². The molecule has 0 fully saturated rings. The van der Waals surface area contributed by atoms with Gasteiger partial charge in [0.1, 0.15) is 5.82 Å². The van der Waals surface area contributed by atoms with Crippen molar-refractivity contribution in [2.45, 2.75) is 26.2 Å². The Hall–Kier alpha value is -2.24. The fourth-order valence-corrected chi connectivity index (χ4v) is 3.11. The molecule has 0 aliphatic heterocycles. The van der Waals surface area contributed by atoms with Crippen molar-refractivity contribution in [3.63, 3.8) is 0 Å². The molecule has 0 spiro atoms. The summed E-state index contributed by atoms with van der Waals surface area (Å²) >= 11 is 0. The molecule has 0 bridgehead atoms. The monoisotopic (exact) mass is 386 g/mol. The molecule has 2 aromatic carbocycles. The molecule has 5 heteroatoms. The standard InChI is InChI=1S/C23H31FN2O2/c1-3-26(4-2)15-17-28-16-14-25-23(27)22(18-19-8-6-5-7-9-19)20-10-12-21(24)13-11-20/h5-13,22H,3-4,14-18H2,1-2H3,(H,25,27). The third kappa shape index (κ3) is 7.41. The quantitative estimate of drug-likeness (QED) is 0.567. The van der Waals surface area contributed by atoms with Gasteiger partial charge in [-0.25, -0.2) is 4.39 Å². The molecule has 1 atom stereocenters. The minimum Gasteiger partial charge on any atom is -0.378 e. The van der Waals surface area contributed by atoms with Gasteiger partial charge >= 0.3 is 0 Å². The summed E-state index contributed by atoms with van der Waals surface area (Å²) in [5.41, 5.74) is 1.88. The zero-order chi connectivity index (χ0) is 20.2. The van der Waals surface area contributed by atoms with Gasteiger partial charge in [-0.05, 0) is 42.8 Å². The second-order valence-electron chi connectivity index (χ2n) is 6.72. The Balaban J connectivity index is 1.87. The predicted octanol–water partition coefficient (Wildman–Crippen LogP) is 3.63. The maximum Gasteiger partial charge on any atom is 0.227 e. The van der Waals surface area contributed by atoms with Crippen LogP contribution in [-0.4, -0.2) is 50.2 Å². The minimum absolute atomic E-state index is 0.0668. The van der Waals surface area contributed by atoms with Crippen molar-refractivity contribution in [2.24, 2.45) is 0 Å². The molecule has 1 N–H and O–H groups in total. The van der Waals surface area contributed by atoms with Crippen LogP contribution in [0.25, 0.3) is 0 Å². The van der Waals surface area contributed by atoms with E-state index in [2.05, 4.69) is 24.1 Å². The van der Waals surface area contributed by atoms with Crippen molar-refractivity contribution in [3.05, 3.63) is 71.5 Å². The van der Waals surface area contributed by atoms with E-state index in [1.807, 2.05) is 30.3 Å². The number of halogens is 1. The average molecular weight is 387 g/mol. The highest BCUT2D eigenvalue weighted by molar-refractivity contribution is 5.84. The number of hydrogen-bond donors (Lipinski definition) is 1. The number of amides is 1. The Labute approximate surface area is 167 Å². The smallest absolute Gasteiger partial charge is 0.227 e. The lowest BCUT2D eigenvalue weighted by atomic mass is 9.91. The van der Waals surface area contributed by atoms with Gasteiger partial charge in [0, 0.05) is 13.1 Å². The second-order valence-corrected chi connectivity index (χ2v) is 6.72. The van der Waals surface area contributed by atoms with E-state index in [4.69, 9.17) is 4.74 Å². The summed E-state index contributed by atoms with van der Waals surface area (Å²) in [6.45, 7) is 8.77. The van der Waals surface area contributed by atoms with Crippen LogP contribution >= 0.6 is 0 Å². The fraction of sp³-hybridized carbons (Fsp3) is 0.435. The van der Waals surface area contributed by atoms with Crippen LogP contribution in [0.4, 0.5) is 4.39 Å². The number of nitrogens with one attached hydrogen (secondary N) is 1. The van der Waals surface area contributed by atoms with Crippen molar-refractivity contribution < 1.29 is 13.9 Å². The first-order valence-electron chi connectivity index (χ1n) is 10.0. The lowest BCUT2D eigenvalue weighted by molar-refractivity contribution is -0.122. The Morgan fingerprint density at radius 3 is 2.36 bits per heavy atom. The summed E-state index contributed by atoms with van der Waals surface area (Å²) < 4.78 is 18.9. The summed E-state index contributed by atoms with van der Waals surface area (Å²) in [5, 5.41) is 2.96. The van der Waals surface area contributed by atoms with Gasteiger partial charge in [-0.2, -0.15) is 0 Å². The minimum atomic E-state index is -0.362. The molecule has 28 heavy (non-hydrogen) atoms. The number of ether oxygens (including phenoxy) is 1. The molecule has 0 radical (unpaired) electrons. The SMILES string of the molecule is CCN(CC)CCOCCNC(=O)C(Cc1ccccc1)c1ccc(F)cc1. The number of carbonyl (C=O) groups is 1. The van der Waals surface area contributed by atoms with Gasteiger partial charge in [-0.1, -0.05) is 56.3 Å². The number of nitrogens with zero attached hydrogens (tertiary/aromatic N) is 1. The van der Waals surface area contributed by atoms with E-state index in [1.54, 1.807) is 12.1 Å². The molecule has 152 valence electrons. The van der Waals surface area contributed by atoms with E-state index in [0.29, 0.717) is 26.2 Å². The Morgan fingerprint density at radius 1 is 1.04 bits per heavy atom. The third-order valence-electron chi connectivity index (χ3n) is 4.86. The number of likely N-dealkylation sites (N-methyl/N-ethyl adjacent to an activating group) is 1. The molecule has 0 aromatic heterocycles. The normalized spacial score (nSPS) is 12.1. The highest BCUT2D eigenvalue weighted by atomic mass is 19.1. The van der Waals surface area contributed by atoms with Gasteiger partial charge in [-0.3, -0.25) is 4.79 Å². The molecule has 0 saturated carbocycles. The highest BCUT2D eigenvalue weighted by Gasteiger charge is 2.21. The molecule has 0 heterocycles. The number of hydrogen-bond acceptors (Lipinski definition) is 3. The summed E-state index contributed by atoms with van der Waals surface area (Å²) in [6, 6.07) is 16.0. The maximum absolute atomic E-state index is 13.3. The number of carbonyl (C=O) groups excluding carboxylic acids is 1. The molecule has 4 nitrogen and oxygen atoms in total. The predicted molar refractivity (Wildman–Crippen MR) is 111 cm³/mol. The van der Waals surface area contributed by atoms with Gasteiger partial charge in [0.05, 0.1) is 19.1 Å². The first-order valence-corrected chi connectivity index (χ1v) is 10.0. The fourth-order valence-electron chi connectivity index (χ4n) is 3.11. The molecule has 1 unspecified atom stereocenters. The summed E-state index contributed by atoms with van der Waals surface area (Å²) in [5.74, 6) is -0.731. The van der Waals surface area contributed by atoms with Crippen molar-refractivity contribution in [2.75, 3.05) is 39.4 Å². The molecule has 0 aliphatic rings. The van der Waals surface area contributed by atoms with Crippen molar-refractivity contribution in [3.8, 4) is 0 Å². The molecule has 0 aliphatic carbocycles. The van der Waals surface area contributed by atoms with E-state index in [-0.39, 0.29) is 17.6 Å². The summed E-state index contributed by atoms with van der Waals surface area (Å²) in [7, 11) is 0. The van der Waals surface area contributed by atoms with Crippen LogP contribution in [0.3, 0.4) is 0 Å². The van der Waals surface area contributed by atoms with Gasteiger partial charge in [0.15, 0.2) is 0 Å². The Bertz CT molecular complexity index is 688. The highest BCUT2D eigenvalue weighted by Crippen LogP contribution is 2.21. The van der Waals surface area contributed by atoms with Crippen LogP contribution in [0, 0.1) is 5.82 Å². The molecular weight excluding hydrogens is 355 g/mol. The van der Waals surface area contributed by atoms with Gasteiger partial charge in [-0.15, -0.1) is 0 Å². The van der Waals surface area contributed by atoms with Gasteiger partial charge in [0.25, 0.3) is 0 Å². The number of rotatable bonds is 12. The van der Waals surface area contributed by atoms with Crippen LogP contribution in [0.1, 0.15) is 30.9 Å². The number of benzene rings is 2. The zero-order valence-electron chi connectivity index (χ0n) is 16.9. The first-order chi connectivity index (χ1) is 13.6. The Morgan fingerprint density at radius 2 is 1.71 bits per heavy atom. The van der Waals surface area contributed by atoms with Crippen LogP contribution in [0.2, 0.25) is 0 Å². The molecule has 1 amide bonds. The second kappa shape index (κ2) is 12.3. The average Bonchev–Trinajstić information content (AvgIpc) is 2.73. The molecule has 0 saturated heterocycles. The zero-order valence-corrected chi connectivity index (χ0v) is 16.9. The van der Waals surface area contributed by atoms with E-state index < -0.39 is 0 Å². The van der Waals surface area contributed by atoms with E-state index in [9.17, 15) is 9.18 Å². The van der Waals surface area contributed by atoms with Crippen LogP contribution in [0.5, 0.6) is 0 Å². The van der Waals surface area contributed by atoms with E-state index >= 15 is 0 Å². The van der Waals surface area contributed by atoms with Crippen molar-refractivity contribution >= 4 is 5.91 Å². The third-order valence-corrected chi connectivity index (χ3v) is 4.86. The summed E-state index contributed by atoms with van der Waals surface area (Å²) in [6.07, 6.45) is 0.571. The van der Waals surface area contributed by atoms with Crippen LogP contribution in [0.15, 0.2) is 54.6 Å². The van der Waals surface area contributed by atoms with Crippen molar-refractivity contribution in [1.82, 2.24) is 10.2 Å². The molecular formula is C23H31FN2O2. The molecule has 2 rings (SSSR count). The lowest BCUT2D eigenvalue weighted by Gasteiger charge is -2.19. The topological polar surface area (TPSA) is 41.6 Å². The van der Waals surface area contributed by atoms with Gasteiger partial charge < -0.3 is 15.0 Å². The largest absolute Gasteiger partial charge is 0.378 e. The lowest BCUT2D eigenvalue weighted by Crippen LogP contribution is -2.34. The van der Waals surface area contributed by atoms with Crippen LogP contribution in [-0.2, 0) is 16.0 Å². The van der Waals surface area contributed by atoms with Crippen LogP contribution < -0.4 is 5.32 Å². The van der Waals surface area contributed by atoms with E-state index in [1.165, 1.54) is 12.1 Å².